The van der Waals surface area contributed by atoms with Gasteiger partial charge in [0.1, 0.15) is 0 Å². The number of carbonyl (C=O) groups excluding carboxylic acids is 2. The fourth-order valence-electron chi connectivity index (χ4n) is 3.65. The van der Waals surface area contributed by atoms with Crippen molar-refractivity contribution < 1.29 is 9.59 Å². The van der Waals surface area contributed by atoms with E-state index in [9.17, 15) is 9.59 Å². The molecule has 0 aliphatic carbocycles. The monoisotopic (exact) mass is 365 g/mol. The van der Waals surface area contributed by atoms with E-state index in [4.69, 9.17) is 0 Å². The molecule has 1 aromatic heterocycles. The van der Waals surface area contributed by atoms with E-state index in [-0.39, 0.29) is 17.9 Å². The predicted molar refractivity (Wildman–Crippen MR) is 107 cm³/mol. The Morgan fingerprint density at radius 3 is 2.56 bits per heavy atom. The number of amides is 2. The highest BCUT2D eigenvalue weighted by atomic mass is 16.2. The van der Waals surface area contributed by atoms with Crippen LogP contribution in [0.2, 0.25) is 0 Å². The molecular weight excluding hydrogens is 338 g/mol. The largest absolute Gasteiger partial charge is 0.355 e. The van der Waals surface area contributed by atoms with Gasteiger partial charge in [0, 0.05) is 44.2 Å². The van der Waals surface area contributed by atoms with Gasteiger partial charge >= 0.3 is 0 Å². The topological polar surface area (TPSA) is 54.3 Å². The predicted octanol–water partition coefficient (Wildman–Crippen LogP) is 3.54. The highest BCUT2D eigenvalue weighted by Crippen LogP contribution is 2.30. The van der Waals surface area contributed by atoms with Crippen molar-refractivity contribution in [2.24, 2.45) is 7.05 Å². The molecule has 0 bridgehead atoms. The molecule has 1 aliphatic rings. The quantitative estimate of drug-likeness (QED) is 0.843. The Kier molecular flexibility index (Phi) is 6.12. The highest BCUT2D eigenvalue weighted by molar-refractivity contribution is 5.95. The first kappa shape index (κ1) is 19.0. The van der Waals surface area contributed by atoms with Gasteiger partial charge in [0.2, 0.25) is 5.91 Å². The van der Waals surface area contributed by atoms with Crippen LogP contribution in [0.15, 0.2) is 48.7 Å². The standard InChI is InChI=1S/C22H27N3O2/c1-23-22(27)18-12-9-17(10-13-18)11-14-21(26)25-16-5-3-4-7-20(25)19-8-6-15-24(19)2/h6,8-15,20H,3-5,7,16H2,1-2H3,(H,23,27). The van der Waals surface area contributed by atoms with Gasteiger partial charge in [0.25, 0.3) is 5.91 Å². The number of likely N-dealkylation sites (tertiary alicyclic amines) is 1. The number of carbonyl (C=O) groups is 2. The van der Waals surface area contributed by atoms with E-state index >= 15 is 0 Å². The zero-order valence-electron chi connectivity index (χ0n) is 16.0. The number of benzene rings is 1. The summed E-state index contributed by atoms with van der Waals surface area (Å²) in [6.07, 6.45) is 9.85. The molecule has 1 aromatic carbocycles. The van der Waals surface area contributed by atoms with Crippen molar-refractivity contribution in [1.82, 2.24) is 14.8 Å². The molecule has 1 atom stereocenters. The molecule has 0 saturated carbocycles. The van der Waals surface area contributed by atoms with Crippen molar-refractivity contribution in [2.75, 3.05) is 13.6 Å². The van der Waals surface area contributed by atoms with E-state index in [0.717, 1.165) is 37.8 Å². The minimum Gasteiger partial charge on any atom is -0.355 e. The van der Waals surface area contributed by atoms with Crippen LogP contribution in [0.5, 0.6) is 0 Å². The van der Waals surface area contributed by atoms with Crippen LogP contribution in [-0.2, 0) is 11.8 Å². The van der Waals surface area contributed by atoms with Crippen molar-refractivity contribution in [2.45, 2.75) is 31.7 Å². The van der Waals surface area contributed by atoms with Gasteiger partial charge in [-0.1, -0.05) is 25.0 Å². The molecule has 5 nitrogen and oxygen atoms in total. The zero-order chi connectivity index (χ0) is 19.2. The van der Waals surface area contributed by atoms with Gasteiger partial charge < -0.3 is 14.8 Å². The van der Waals surface area contributed by atoms with Crippen LogP contribution < -0.4 is 5.32 Å². The molecule has 2 heterocycles. The second kappa shape index (κ2) is 8.71. The van der Waals surface area contributed by atoms with E-state index in [0.29, 0.717) is 5.56 Å². The van der Waals surface area contributed by atoms with Crippen LogP contribution in [0.25, 0.3) is 6.08 Å². The van der Waals surface area contributed by atoms with Crippen molar-refractivity contribution in [3.8, 4) is 0 Å². The Bertz CT molecular complexity index is 820. The first-order valence-electron chi connectivity index (χ1n) is 9.52. The molecule has 5 heteroatoms. The number of rotatable bonds is 4. The minimum atomic E-state index is -0.114. The average Bonchev–Trinajstić information content (AvgIpc) is 2.97. The molecule has 1 aliphatic heterocycles. The summed E-state index contributed by atoms with van der Waals surface area (Å²) < 4.78 is 2.11. The second-order valence-electron chi connectivity index (χ2n) is 6.98. The number of hydrogen-bond acceptors (Lipinski definition) is 2. The number of nitrogens with one attached hydrogen (secondary N) is 1. The lowest BCUT2D eigenvalue weighted by Crippen LogP contribution is -2.34. The third-order valence-corrected chi connectivity index (χ3v) is 5.18. The van der Waals surface area contributed by atoms with Crippen molar-refractivity contribution in [3.63, 3.8) is 0 Å². The highest BCUT2D eigenvalue weighted by Gasteiger charge is 2.26. The summed E-state index contributed by atoms with van der Waals surface area (Å²) in [5.41, 5.74) is 2.70. The molecule has 27 heavy (non-hydrogen) atoms. The molecule has 2 amide bonds. The van der Waals surface area contributed by atoms with Crippen LogP contribution in [0.3, 0.4) is 0 Å². The van der Waals surface area contributed by atoms with Crippen LogP contribution in [0, 0.1) is 0 Å². The van der Waals surface area contributed by atoms with Gasteiger partial charge in [0.05, 0.1) is 6.04 Å². The van der Waals surface area contributed by atoms with Gasteiger partial charge in [-0.05, 0) is 48.7 Å². The normalized spacial score (nSPS) is 17.7. The maximum atomic E-state index is 12.9. The summed E-state index contributed by atoms with van der Waals surface area (Å²) in [6, 6.07) is 11.5. The fourth-order valence-corrected chi connectivity index (χ4v) is 3.65. The summed E-state index contributed by atoms with van der Waals surface area (Å²) >= 11 is 0. The van der Waals surface area contributed by atoms with Gasteiger partial charge in [-0.2, -0.15) is 0 Å². The summed E-state index contributed by atoms with van der Waals surface area (Å²) in [5, 5.41) is 2.60. The lowest BCUT2D eigenvalue weighted by molar-refractivity contribution is -0.128. The smallest absolute Gasteiger partial charge is 0.251 e. The SMILES string of the molecule is CNC(=O)c1ccc(C=CC(=O)N2CCCCCC2c2cccn2C)cc1. The van der Waals surface area contributed by atoms with Crippen molar-refractivity contribution in [3.05, 3.63) is 65.5 Å². The maximum Gasteiger partial charge on any atom is 0.251 e. The molecule has 3 rings (SSSR count). The van der Waals surface area contributed by atoms with Crippen LogP contribution in [0.4, 0.5) is 0 Å². The fraction of sp³-hybridized carbons (Fsp3) is 0.364. The summed E-state index contributed by atoms with van der Waals surface area (Å²) in [4.78, 5) is 26.5. The Balaban J connectivity index is 1.75. The summed E-state index contributed by atoms with van der Waals surface area (Å²) in [7, 11) is 3.64. The number of nitrogens with zero attached hydrogens (tertiary/aromatic N) is 2. The van der Waals surface area contributed by atoms with Crippen molar-refractivity contribution in [1.29, 1.82) is 0 Å². The van der Waals surface area contributed by atoms with Gasteiger partial charge in [-0.25, -0.2) is 0 Å². The molecular formula is C22H27N3O2. The average molecular weight is 365 g/mol. The third-order valence-electron chi connectivity index (χ3n) is 5.18. The first-order chi connectivity index (χ1) is 13.1. The Hall–Kier alpha value is -2.82. The third kappa shape index (κ3) is 4.48. The maximum absolute atomic E-state index is 12.9. The molecule has 2 aromatic rings. The van der Waals surface area contributed by atoms with Gasteiger partial charge in [-0.3, -0.25) is 9.59 Å². The second-order valence-corrected chi connectivity index (χ2v) is 6.98. The van der Waals surface area contributed by atoms with E-state index < -0.39 is 0 Å². The minimum absolute atomic E-state index is 0.0403. The number of aryl methyl sites for hydroxylation is 1. The van der Waals surface area contributed by atoms with Crippen LogP contribution in [-0.4, -0.2) is 34.9 Å². The van der Waals surface area contributed by atoms with Crippen LogP contribution in [0.1, 0.15) is 53.3 Å². The molecule has 0 spiro atoms. The molecule has 0 radical (unpaired) electrons. The van der Waals surface area contributed by atoms with Gasteiger partial charge in [-0.15, -0.1) is 0 Å². The van der Waals surface area contributed by atoms with E-state index in [1.807, 2.05) is 42.4 Å². The zero-order valence-corrected chi connectivity index (χ0v) is 16.0. The van der Waals surface area contributed by atoms with Crippen LogP contribution >= 0.6 is 0 Å². The van der Waals surface area contributed by atoms with E-state index in [1.54, 1.807) is 25.3 Å². The number of hydrogen-bond donors (Lipinski definition) is 1. The Morgan fingerprint density at radius 2 is 1.89 bits per heavy atom. The molecule has 1 unspecified atom stereocenters. The first-order valence-corrected chi connectivity index (χ1v) is 9.52. The lowest BCUT2D eigenvalue weighted by atomic mass is 10.1. The van der Waals surface area contributed by atoms with Crippen molar-refractivity contribution >= 4 is 17.9 Å². The van der Waals surface area contributed by atoms with E-state index in [1.165, 1.54) is 5.69 Å². The summed E-state index contributed by atoms with van der Waals surface area (Å²) in [6.45, 7) is 0.786. The molecule has 1 fully saturated rings. The molecule has 1 saturated heterocycles. The lowest BCUT2D eigenvalue weighted by Gasteiger charge is -2.29. The summed E-state index contributed by atoms with van der Waals surface area (Å²) in [5.74, 6) is -0.0740. The Morgan fingerprint density at radius 1 is 1.11 bits per heavy atom. The Labute approximate surface area is 160 Å². The van der Waals surface area contributed by atoms with Gasteiger partial charge in [0.15, 0.2) is 0 Å². The molecule has 1 N–H and O–H groups in total. The number of aromatic nitrogens is 1. The van der Waals surface area contributed by atoms with E-state index in [2.05, 4.69) is 16.0 Å². The molecule has 142 valence electrons.